The lowest BCUT2D eigenvalue weighted by atomic mass is 10.1. The fourth-order valence-corrected chi connectivity index (χ4v) is 1.50. The quantitative estimate of drug-likeness (QED) is 0.718. The lowest BCUT2D eigenvalue weighted by molar-refractivity contribution is -0.118. The third-order valence-corrected chi connectivity index (χ3v) is 2.37. The second kappa shape index (κ2) is 5.34. The van der Waals surface area contributed by atoms with Gasteiger partial charge in [0.2, 0.25) is 5.91 Å². The van der Waals surface area contributed by atoms with Crippen molar-refractivity contribution in [1.82, 2.24) is 5.32 Å². The van der Waals surface area contributed by atoms with Gasteiger partial charge in [-0.1, -0.05) is 12.1 Å². The van der Waals surface area contributed by atoms with E-state index in [-0.39, 0.29) is 23.8 Å². The van der Waals surface area contributed by atoms with Crippen LogP contribution in [0, 0.1) is 6.92 Å². The van der Waals surface area contributed by atoms with Gasteiger partial charge in [0.15, 0.2) is 0 Å². The molecule has 0 aromatic heterocycles. The maximum atomic E-state index is 11.8. The van der Waals surface area contributed by atoms with Gasteiger partial charge in [-0.05, 0) is 25.5 Å². The van der Waals surface area contributed by atoms with E-state index < -0.39 is 11.8 Å². The number of amides is 2. The molecule has 0 aliphatic rings. The van der Waals surface area contributed by atoms with E-state index in [2.05, 4.69) is 5.32 Å². The fraction of sp³-hybridized carbons (Fsp3) is 0.333. The van der Waals surface area contributed by atoms with E-state index in [4.69, 9.17) is 5.73 Å². The molecule has 1 atom stereocenters. The Labute approximate surface area is 99.6 Å². The maximum Gasteiger partial charge on any atom is 0.255 e. The number of benzene rings is 1. The first-order valence-corrected chi connectivity index (χ1v) is 5.29. The minimum atomic E-state index is -0.480. The lowest BCUT2D eigenvalue weighted by Gasteiger charge is -2.13. The van der Waals surface area contributed by atoms with E-state index in [0.29, 0.717) is 5.56 Å². The van der Waals surface area contributed by atoms with Crippen LogP contribution in [0.5, 0.6) is 5.75 Å². The third-order valence-electron chi connectivity index (χ3n) is 2.37. The third kappa shape index (κ3) is 3.48. The Bertz CT molecular complexity index is 443. The van der Waals surface area contributed by atoms with E-state index in [9.17, 15) is 14.7 Å². The number of rotatable bonds is 4. The van der Waals surface area contributed by atoms with Crippen molar-refractivity contribution in [3.05, 3.63) is 29.3 Å². The molecule has 1 unspecified atom stereocenters. The number of para-hydroxylation sites is 1. The van der Waals surface area contributed by atoms with Gasteiger partial charge in [0.1, 0.15) is 5.75 Å². The molecule has 92 valence electrons. The highest BCUT2D eigenvalue weighted by Crippen LogP contribution is 2.21. The van der Waals surface area contributed by atoms with Gasteiger partial charge < -0.3 is 16.2 Å². The van der Waals surface area contributed by atoms with Crippen LogP contribution >= 0.6 is 0 Å². The molecule has 0 spiro atoms. The van der Waals surface area contributed by atoms with Crippen molar-refractivity contribution in [2.75, 3.05) is 0 Å². The van der Waals surface area contributed by atoms with E-state index in [1.807, 2.05) is 0 Å². The number of phenols is 1. The second-order valence-corrected chi connectivity index (χ2v) is 4.02. The summed E-state index contributed by atoms with van der Waals surface area (Å²) in [5, 5.41) is 12.3. The van der Waals surface area contributed by atoms with Crippen molar-refractivity contribution in [1.29, 1.82) is 0 Å². The Morgan fingerprint density at radius 1 is 1.47 bits per heavy atom. The summed E-state index contributed by atoms with van der Waals surface area (Å²) < 4.78 is 0. The van der Waals surface area contributed by atoms with Crippen molar-refractivity contribution in [3.8, 4) is 5.75 Å². The summed E-state index contributed by atoms with van der Waals surface area (Å²) in [6.07, 6.45) is 0.0678. The van der Waals surface area contributed by atoms with Gasteiger partial charge in [-0.2, -0.15) is 0 Å². The molecule has 0 aliphatic carbocycles. The van der Waals surface area contributed by atoms with Crippen molar-refractivity contribution >= 4 is 11.8 Å². The van der Waals surface area contributed by atoms with Crippen LogP contribution in [0.25, 0.3) is 0 Å². The molecule has 17 heavy (non-hydrogen) atoms. The maximum absolute atomic E-state index is 11.8. The zero-order valence-electron chi connectivity index (χ0n) is 9.86. The Balaban J connectivity index is 2.77. The molecule has 0 saturated carbocycles. The van der Waals surface area contributed by atoms with Crippen molar-refractivity contribution in [2.24, 2.45) is 5.73 Å². The van der Waals surface area contributed by atoms with Gasteiger partial charge in [0, 0.05) is 12.5 Å². The van der Waals surface area contributed by atoms with Gasteiger partial charge in [0.05, 0.1) is 5.56 Å². The van der Waals surface area contributed by atoms with Gasteiger partial charge in [-0.25, -0.2) is 0 Å². The number of hydrogen-bond acceptors (Lipinski definition) is 3. The first-order valence-electron chi connectivity index (χ1n) is 5.29. The second-order valence-electron chi connectivity index (χ2n) is 4.02. The number of phenolic OH excluding ortho intramolecular Hbond substituents is 1. The van der Waals surface area contributed by atoms with Crippen LogP contribution in [0.1, 0.15) is 29.3 Å². The number of primary amides is 1. The largest absolute Gasteiger partial charge is 0.507 e. The normalized spacial score (nSPS) is 11.9. The highest BCUT2D eigenvalue weighted by Gasteiger charge is 2.15. The van der Waals surface area contributed by atoms with Crippen LogP contribution in [-0.2, 0) is 4.79 Å². The molecule has 0 radical (unpaired) electrons. The summed E-state index contributed by atoms with van der Waals surface area (Å²) in [5.41, 5.74) is 5.84. The number of carbonyl (C=O) groups is 2. The SMILES string of the molecule is Cc1cccc(C(=O)NC(C)CC(N)=O)c1O. The molecule has 1 aromatic carbocycles. The average molecular weight is 236 g/mol. The summed E-state index contributed by atoms with van der Waals surface area (Å²) in [7, 11) is 0. The summed E-state index contributed by atoms with van der Waals surface area (Å²) >= 11 is 0. The predicted molar refractivity (Wildman–Crippen MR) is 63.6 cm³/mol. The van der Waals surface area contributed by atoms with Gasteiger partial charge >= 0.3 is 0 Å². The molecule has 0 heterocycles. The molecule has 0 saturated heterocycles. The summed E-state index contributed by atoms with van der Waals surface area (Å²) in [5.74, 6) is -0.942. The van der Waals surface area contributed by atoms with Crippen LogP contribution in [0.4, 0.5) is 0 Å². The highest BCUT2D eigenvalue weighted by atomic mass is 16.3. The van der Waals surface area contributed by atoms with Crippen molar-refractivity contribution in [3.63, 3.8) is 0 Å². The molecule has 2 amide bonds. The average Bonchev–Trinajstić information content (AvgIpc) is 2.20. The van der Waals surface area contributed by atoms with Gasteiger partial charge in [0.25, 0.3) is 5.91 Å². The molecule has 0 bridgehead atoms. The molecular formula is C12H16N2O3. The molecule has 4 N–H and O–H groups in total. The minimum absolute atomic E-state index is 0.0451. The molecule has 1 rings (SSSR count). The van der Waals surface area contributed by atoms with E-state index >= 15 is 0 Å². The first-order chi connectivity index (χ1) is 7.91. The van der Waals surface area contributed by atoms with Crippen LogP contribution in [-0.4, -0.2) is 23.0 Å². The van der Waals surface area contributed by atoms with Crippen LogP contribution in [0.15, 0.2) is 18.2 Å². The van der Waals surface area contributed by atoms with E-state index in [0.717, 1.165) is 0 Å². The smallest absolute Gasteiger partial charge is 0.255 e. The van der Waals surface area contributed by atoms with Crippen molar-refractivity contribution in [2.45, 2.75) is 26.3 Å². The molecule has 0 fully saturated rings. The van der Waals surface area contributed by atoms with Crippen LogP contribution in [0.3, 0.4) is 0 Å². The zero-order chi connectivity index (χ0) is 13.0. The van der Waals surface area contributed by atoms with Crippen molar-refractivity contribution < 1.29 is 14.7 Å². The van der Waals surface area contributed by atoms with E-state index in [1.165, 1.54) is 6.07 Å². The molecule has 0 aliphatic heterocycles. The lowest BCUT2D eigenvalue weighted by Crippen LogP contribution is -2.35. The number of aryl methyl sites for hydroxylation is 1. The molecular weight excluding hydrogens is 220 g/mol. The molecule has 5 heteroatoms. The minimum Gasteiger partial charge on any atom is -0.507 e. The summed E-state index contributed by atoms with van der Waals surface area (Å²) in [6.45, 7) is 3.38. The number of carbonyl (C=O) groups excluding carboxylic acids is 2. The summed E-state index contributed by atoms with van der Waals surface area (Å²) in [4.78, 5) is 22.5. The van der Waals surface area contributed by atoms with E-state index in [1.54, 1.807) is 26.0 Å². The van der Waals surface area contributed by atoms with Gasteiger partial charge in [-0.15, -0.1) is 0 Å². The Hall–Kier alpha value is -2.04. The number of nitrogens with one attached hydrogen (secondary N) is 1. The highest BCUT2D eigenvalue weighted by molar-refractivity contribution is 5.97. The Morgan fingerprint density at radius 2 is 2.12 bits per heavy atom. The number of nitrogens with two attached hydrogens (primary N) is 1. The van der Waals surface area contributed by atoms with Crippen LogP contribution in [0.2, 0.25) is 0 Å². The first kappa shape index (κ1) is 13.0. The number of hydrogen-bond donors (Lipinski definition) is 3. The standard InChI is InChI=1S/C12H16N2O3/c1-7-4-3-5-9(11(7)16)12(17)14-8(2)6-10(13)15/h3-5,8,16H,6H2,1-2H3,(H2,13,15)(H,14,17). The van der Waals surface area contributed by atoms with Gasteiger partial charge in [-0.3, -0.25) is 9.59 Å². The Morgan fingerprint density at radius 3 is 2.71 bits per heavy atom. The molecule has 5 nitrogen and oxygen atoms in total. The van der Waals surface area contributed by atoms with Crippen LogP contribution < -0.4 is 11.1 Å². The monoisotopic (exact) mass is 236 g/mol. The fourth-order valence-electron chi connectivity index (χ4n) is 1.50. The summed E-state index contributed by atoms with van der Waals surface area (Å²) in [6, 6.07) is 4.55. The number of aromatic hydroxyl groups is 1. The zero-order valence-corrected chi connectivity index (χ0v) is 9.86. The molecule has 1 aromatic rings. The topological polar surface area (TPSA) is 92.4 Å². The Kier molecular flexibility index (Phi) is 4.09. The predicted octanol–water partition coefficient (Wildman–Crippen LogP) is 0.694.